The first kappa shape index (κ1) is 13.3. The van der Waals surface area contributed by atoms with Gasteiger partial charge in [0.1, 0.15) is 0 Å². The van der Waals surface area contributed by atoms with Crippen LogP contribution in [0.1, 0.15) is 18.4 Å². The van der Waals surface area contributed by atoms with Crippen molar-refractivity contribution in [3.05, 3.63) is 24.0 Å². The lowest BCUT2D eigenvalue weighted by atomic mass is 9.98. The molecule has 18 heavy (non-hydrogen) atoms. The molecule has 1 atom stereocenters. The predicted molar refractivity (Wildman–Crippen MR) is 73.8 cm³/mol. The van der Waals surface area contributed by atoms with Crippen molar-refractivity contribution in [1.82, 2.24) is 10.3 Å². The Balaban J connectivity index is 2.10. The Labute approximate surface area is 109 Å². The van der Waals surface area contributed by atoms with Crippen LogP contribution >= 0.6 is 0 Å². The molecule has 1 aliphatic rings. The van der Waals surface area contributed by atoms with Gasteiger partial charge in [-0.25, -0.2) is 0 Å². The van der Waals surface area contributed by atoms with Crippen LogP contribution in [-0.4, -0.2) is 38.8 Å². The molecule has 1 fully saturated rings. The highest BCUT2D eigenvalue weighted by Gasteiger charge is 2.21. The number of nitrogens with zero attached hydrogens (tertiary/aromatic N) is 2. The summed E-state index contributed by atoms with van der Waals surface area (Å²) in [4.78, 5) is 6.72. The van der Waals surface area contributed by atoms with E-state index in [1.807, 2.05) is 19.4 Å². The van der Waals surface area contributed by atoms with Crippen molar-refractivity contribution >= 4 is 5.69 Å². The number of hydrogen-bond donors (Lipinski definition) is 1. The van der Waals surface area contributed by atoms with Crippen molar-refractivity contribution in [2.75, 3.05) is 38.8 Å². The van der Waals surface area contributed by atoms with E-state index in [4.69, 9.17) is 4.74 Å². The van der Waals surface area contributed by atoms with E-state index < -0.39 is 0 Å². The minimum Gasteiger partial charge on any atom is -0.384 e. The minimum atomic E-state index is 0.645. The molecule has 4 nitrogen and oxygen atoms in total. The zero-order valence-corrected chi connectivity index (χ0v) is 11.4. The summed E-state index contributed by atoms with van der Waals surface area (Å²) in [6.45, 7) is 3.96. The minimum absolute atomic E-state index is 0.645. The van der Waals surface area contributed by atoms with Gasteiger partial charge >= 0.3 is 0 Å². The van der Waals surface area contributed by atoms with Crippen molar-refractivity contribution in [3.63, 3.8) is 0 Å². The number of nitrogens with one attached hydrogen (secondary N) is 1. The lowest BCUT2D eigenvalue weighted by molar-refractivity contribution is 0.143. The summed E-state index contributed by atoms with van der Waals surface area (Å²) in [7, 11) is 3.77. The summed E-state index contributed by atoms with van der Waals surface area (Å²) in [5.74, 6) is 0.645. The third-order valence-electron chi connectivity index (χ3n) is 3.52. The van der Waals surface area contributed by atoms with E-state index in [0.29, 0.717) is 5.92 Å². The highest BCUT2D eigenvalue weighted by Crippen LogP contribution is 2.25. The second-order valence-electron chi connectivity index (χ2n) is 4.94. The first-order valence-electron chi connectivity index (χ1n) is 6.66. The molecule has 1 unspecified atom stereocenters. The van der Waals surface area contributed by atoms with Gasteiger partial charge in [-0.1, -0.05) is 0 Å². The van der Waals surface area contributed by atoms with Crippen molar-refractivity contribution in [2.45, 2.75) is 19.4 Å². The molecule has 0 aliphatic carbocycles. The second kappa shape index (κ2) is 6.71. The Bertz CT molecular complexity index is 368. The Morgan fingerprint density at radius 1 is 1.56 bits per heavy atom. The monoisotopic (exact) mass is 249 g/mol. The van der Waals surface area contributed by atoms with Crippen molar-refractivity contribution in [2.24, 2.45) is 5.92 Å². The fourth-order valence-electron chi connectivity index (χ4n) is 2.70. The Morgan fingerprint density at radius 2 is 2.44 bits per heavy atom. The zero-order chi connectivity index (χ0) is 12.8. The largest absolute Gasteiger partial charge is 0.384 e. The lowest BCUT2D eigenvalue weighted by Crippen LogP contribution is -2.37. The van der Waals surface area contributed by atoms with Crippen molar-refractivity contribution in [1.29, 1.82) is 0 Å². The van der Waals surface area contributed by atoms with E-state index in [1.165, 1.54) is 24.1 Å². The number of anilines is 1. The summed E-state index contributed by atoms with van der Waals surface area (Å²) >= 11 is 0. The van der Waals surface area contributed by atoms with E-state index in [1.54, 1.807) is 7.11 Å². The van der Waals surface area contributed by atoms with Gasteiger partial charge < -0.3 is 15.0 Å². The zero-order valence-electron chi connectivity index (χ0n) is 11.4. The first-order valence-corrected chi connectivity index (χ1v) is 6.66. The summed E-state index contributed by atoms with van der Waals surface area (Å²) in [6, 6.07) is 2.10. The molecule has 2 heterocycles. The number of pyridine rings is 1. The molecule has 100 valence electrons. The van der Waals surface area contributed by atoms with Gasteiger partial charge in [0.2, 0.25) is 0 Å². The standard InChI is InChI=1S/C14H23N3O/c1-15-8-13-5-6-16-9-14(13)17-7-3-4-12(10-17)11-18-2/h5-6,9,12,15H,3-4,7-8,10-11H2,1-2H3. The molecule has 1 aromatic heterocycles. The van der Waals surface area contributed by atoms with E-state index in [-0.39, 0.29) is 0 Å². The highest BCUT2D eigenvalue weighted by atomic mass is 16.5. The summed E-state index contributed by atoms with van der Waals surface area (Å²) in [5.41, 5.74) is 2.60. The number of hydrogen-bond acceptors (Lipinski definition) is 4. The van der Waals surface area contributed by atoms with E-state index in [0.717, 1.165) is 26.2 Å². The van der Waals surface area contributed by atoms with Crippen LogP contribution in [0.3, 0.4) is 0 Å². The summed E-state index contributed by atoms with van der Waals surface area (Å²) < 4.78 is 5.29. The number of aromatic nitrogens is 1. The number of piperidine rings is 1. The van der Waals surface area contributed by atoms with Gasteiger partial charge in [0.25, 0.3) is 0 Å². The topological polar surface area (TPSA) is 37.4 Å². The van der Waals surface area contributed by atoms with Crippen LogP contribution in [0.5, 0.6) is 0 Å². The average molecular weight is 249 g/mol. The SMILES string of the molecule is CNCc1ccncc1N1CCCC(COC)C1. The van der Waals surface area contributed by atoms with E-state index in [9.17, 15) is 0 Å². The van der Waals surface area contributed by atoms with Crippen molar-refractivity contribution < 1.29 is 4.74 Å². The molecule has 0 aromatic carbocycles. The maximum Gasteiger partial charge on any atom is 0.0598 e. The molecule has 0 saturated carbocycles. The quantitative estimate of drug-likeness (QED) is 0.861. The van der Waals surface area contributed by atoms with Gasteiger partial charge in [0.15, 0.2) is 0 Å². The molecule has 1 N–H and O–H groups in total. The molecule has 0 bridgehead atoms. The van der Waals surface area contributed by atoms with Crippen LogP contribution in [0.15, 0.2) is 18.5 Å². The lowest BCUT2D eigenvalue weighted by Gasteiger charge is -2.35. The van der Waals surface area contributed by atoms with Gasteiger partial charge in [-0.15, -0.1) is 0 Å². The Morgan fingerprint density at radius 3 is 3.22 bits per heavy atom. The fourth-order valence-corrected chi connectivity index (χ4v) is 2.70. The molecule has 1 aromatic rings. The number of ether oxygens (including phenoxy) is 1. The molecule has 1 saturated heterocycles. The Hall–Kier alpha value is -1.13. The third-order valence-corrected chi connectivity index (χ3v) is 3.52. The smallest absolute Gasteiger partial charge is 0.0598 e. The highest BCUT2D eigenvalue weighted by molar-refractivity contribution is 5.52. The molecule has 4 heteroatoms. The van der Waals surface area contributed by atoms with Crippen LogP contribution in [0.4, 0.5) is 5.69 Å². The Kier molecular flexibility index (Phi) is 4.96. The molecular formula is C14H23N3O. The molecule has 0 spiro atoms. The molecule has 1 aliphatic heterocycles. The van der Waals surface area contributed by atoms with Crippen LogP contribution < -0.4 is 10.2 Å². The second-order valence-corrected chi connectivity index (χ2v) is 4.94. The normalized spacial score (nSPS) is 20.1. The number of rotatable bonds is 5. The molecule has 2 rings (SSSR count). The van der Waals surface area contributed by atoms with Gasteiger partial charge in [-0.2, -0.15) is 0 Å². The fraction of sp³-hybridized carbons (Fsp3) is 0.643. The van der Waals surface area contributed by atoms with Gasteiger partial charge in [-0.05, 0) is 37.4 Å². The maximum absolute atomic E-state index is 5.29. The van der Waals surface area contributed by atoms with Gasteiger partial charge in [-0.3, -0.25) is 4.98 Å². The van der Waals surface area contributed by atoms with E-state index >= 15 is 0 Å². The van der Waals surface area contributed by atoms with E-state index in [2.05, 4.69) is 21.3 Å². The number of methoxy groups -OCH3 is 1. The third kappa shape index (κ3) is 3.21. The average Bonchev–Trinajstić information content (AvgIpc) is 2.40. The summed E-state index contributed by atoms with van der Waals surface area (Å²) in [6.07, 6.45) is 6.36. The van der Waals surface area contributed by atoms with Crippen LogP contribution in [0, 0.1) is 5.92 Å². The van der Waals surface area contributed by atoms with Crippen LogP contribution in [0.25, 0.3) is 0 Å². The van der Waals surface area contributed by atoms with Gasteiger partial charge in [0, 0.05) is 32.9 Å². The molecule has 0 radical (unpaired) electrons. The summed E-state index contributed by atoms with van der Waals surface area (Å²) in [5, 5.41) is 3.22. The van der Waals surface area contributed by atoms with Crippen LogP contribution in [-0.2, 0) is 11.3 Å². The predicted octanol–water partition coefficient (Wildman–Crippen LogP) is 1.66. The molecular weight excluding hydrogens is 226 g/mol. The first-order chi connectivity index (χ1) is 8.85. The molecule has 0 amide bonds. The maximum atomic E-state index is 5.29. The van der Waals surface area contributed by atoms with Crippen molar-refractivity contribution in [3.8, 4) is 0 Å². The van der Waals surface area contributed by atoms with Crippen LogP contribution in [0.2, 0.25) is 0 Å². The van der Waals surface area contributed by atoms with Gasteiger partial charge in [0.05, 0.1) is 18.5 Å².